The Morgan fingerprint density at radius 3 is 2.33 bits per heavy atom. The molecular formula is C18H24BrNS. The average molecular weight is 366 g/mol. The third kappa shape index (κ3) is 4.41. The van der Waals surface area contributed by atoms with Crippen LogP contribution in [-0.4, -0.2) is 6.54 Å². The molecule has 0 saturated heterocycles. The Hall–Kier alpha value is -0.640. The predicted molar refractivity (Wildman–Crippen MR) is 97.4 cm³/mol. The van der Waals surface area contributed by atoms with Gasteiger partial charge in [0.15, 0.2) is 0 Å². The zero-order chi connectivity index (χ0) is 15.4. The summed E-state index contributed by atoms with van der Waals surface area (Å²) < 4.78 is 1.25. The molecule has 1 heterocycles. The van der Waals surface area contributed by atoms with Gasteiger partial charge in [-0.2, -0.15) is 0 Å². The summed E-state index contributed by atoms with van der Waals surface area (Å²) in [5.41, 5.74) is 4.13. The van der Waals surface area contributed by atoms with Crippen LogP contribution < -0.4 is 5.32 Å². The predicted octanol–water partition coefficient (Wildman–Crippen LogP) is 5.84. The molecule has 0 spiro atoms. The molecule has 21 heavy (non-hydrogen) atoms. The number of hydrogen-bond donors (Lipinski definition) is 1. The van der Waals surface area contributed by atoms with E-state index in [2.05, 4.69) is 79.3 Å². The number of rotatable bonds is 6. The van der Waals surface area contributed by atoms with Crippen LogP contribution in [0.3, 0.4) is 0 Å². The molecule has 0 fully saturated rings. The second kappa shape index (κ2) is 7.57. The molecule has 2 aromatic rings. The van der Waals surface area contributed by atoms with Crippen molar-refractivity contribution in [1.82, 2.24) is 5.32 Å². The van der Waals surface area contributed by atoms with Crippen molar-refractivity contribution in [2.45, 2.75) is 46.1 Å². The lowest BCUT2D eigenvalue weighted by Crippen LogP contribution is -2.22. The largest absolute Gasteiger partial charge is 0.309 e. The van der Waals surface area contributed by atoms with Crippen molar-refractivity contribution in [3.05, 3.63) is 55.7 Å². The summed E-state index contributed by atoms with van der Waals surface area (Å²) in [7, 11) is 0. The summed E-state index contributed by atoms with van der Waals surface area (Å²) in [5, 5.41) is 3.61. The Labute approximate surface area is 140 Å². The maximum Gasteiger partial charge on any atom is 0.0731 e. The number of likely N-dealkylation sites (N-methyl/N-ethyl adjacent to an activating group) is 1. The molecule has 0 amide bonds. The number of aryl methyl sites for hydroxylation is 1. The standard InChI is InChI=1S/C18H24BrNS/c1-5-20-16(17-10-13(4)18(19)21-17)11-14-6-8-15(9-7-14)12(2)3/h6-10,12,16,20H,5,11H2,1-4H3. The van der Waals surface area contributed by atoms with Gasteiger partial charge in [-0.05, 0) is 64.5 Å². The molecule has 0 bridgehead atoms. The molecule has 1 unspecified atom stereocenters. The first-order valence-corrected chi connectivity index (χ1v) is 9.20. The lowest BCUT2D eigenvalue weighted by molar-refractivity contribution is 0.558. The normalized spacial score (nSPS) is 12.9. The highest BCUT2D eigenvalue weighted by atomic mass is 79.9. The quantitative estimate of drug-likeness (QED) is 0.678. The topological polar surface area (TPSA) is 12.0 Å². The molecule has 1 atom stereocenters. The van der Waals surface area contributed by atoms with Crippen LogP contribution in [0, 0.1) is 6.92 Å². The molecule has 0 aliphatic heterocycles. The van der Waals surface area contributed by atoms with Gasteiger partial charge in [-0.25, -0.2) is 0 Å². The molecule has 1 nitrogen and oxygen atoms in total. The van der Waals surface area contributed by atoms with E-state index in [0.29, 0.717) is 12.0 Å². The minimum Gasteiger partial charge on any atom is -0.309 e. The smallest absolute Gasteiger partial charge is 0.0731 e. The Bertz CT molecular complexity index is 552. The van der Waals surface area contributed by atoms with Crippen molar-refractivity contribution in [2.75, 3.05) is 6.54 Å². The SMILES string of the molecule is CCNC(Cc1ccc(C(C)C)cc1)c1cc(C)c(Br)s1. The van der Waals surface area contributed by atoms with E-state index in [0.717, 1.165) is 13.0 Å². The molecule has 2 rings (SSSR count). The van der Waals surface area contributed by atoms with Crippen molar-refractivity contribution in [2.24, 2.45) is 0 Å². The van der Waals surface area contributed by atoms with E-state index in [9.17, 15) is 0 Å². The summed E-state index contributed by atoms with van der Waals surface area (Å²) in [6.07, 6.45) is 1.04. The van der Waals surface area contributed by atoms with Crippen LogP contribution in [0.15, 0.2) is 34.1 Å². The Morgan fingerprint density at radius 2 is 1.86 bits per heavy atom. The van der Waals surface area contributed by atoms with Crippen molar-refractivity contribution in [3.63, 3.8) is 0 Å². The lowest BCUT2D eigenvalue weighted by atomic mass is 9.98. The average Bonchev–Trinajstić information content (AvgIpc) is 2.79. The number of thiophene rings is 1. The third-order valence-electron chi connectivity index (χ3n) is 3.76. The van der Waals surface area contributed by atoms with Gasteiger partial charge >= 0.3 is 0 Å². The maximum absolute atomic E-state index is 3.64. The Balaban J connectivity index is 2.15. The number of benzene rings is 1. The first-order valence-electron chi connectivity index (χ1n) is 7.59. The van der Waals surface area contributed by atoms with Gasteiger partial charge in [0.2, 0.25) is 0 Å². The van der Waals surface area contributed by atoms with Crippen molar-refractivity contribution < 1.29 is 0 Å². The molecule has 0 saturated carbocycles. The summed E-state index contributed by atoms with van der Waals surface area (Å²) in [6.45, 7) is 9.79. The van der Waals surface area contributed by atoms with E-state index in [1.54, 1.807) is 0 Å². The van der Waals surface area contributed by atoms with Crippen LogP contribution in [0.4, 0.5) is 0 Å². The molecule has 1 aromatic heterocycles. The fourth-order valence-electron chi connectivity index (χ4n) is 2.45. The second-order valence-electron chi connectivity index (χ2n) is 5.82. The lowest BCUT2D eigenvalue weighted by Gasteiger charge is -2.17. The van der Waals surface area contributed by atoms with E-state index < -0.39 is 0 Å². The van der Waals surface area contributed by atoms with E-state index in [1.807, 2.05) is 11.3 Å². The van der Waals surface area contributed by atoms with Crippen LogP contribution >= 0.6 is 27.3 Å². The van der Waals surface area contributed by atoms with Gasteiger partial charge in [0.05, 0.1) is 3.79 Å². The van der Waals surface area contributed by atoms with Crippen LogP contribution in [-0.2, 0) is 6.42 Å². The van der Waals surface area contributed by atoms with Crippen molar-refractivity contribution in [3.8, 4) is 0 Å². The van der Waals surface area contributed by atoms with E-state index in [-0.39, 0.29) is 0 Å². The molecule has 114 valence electrons. The van der Waals surface area contributed by atoms with Gasteiger partial charge in [-0.1, -0.05) is 45.0 Å². The van der Waals surface area contributed by atoms with Crippen LogP contribution in [0.25, 0.3) is 0 Å². The minimum absolute atomic E-state index is 0.398. The second-order valence-corrected chi connectivity index (χ2v) is 8.22. The first-order chi connectivity index (χ1) is 10.0. The van der Waals surface area contributed by atoms with Crippen LogP contribution in [0.1, 0.15) is 54.3 Å². The third-order valence-corrected chi connectivity index (χ3v) is 6.01. The Kier molecular flexibility index (Phi) is 6.03. The molecule has 0 aliphatic rings. The number of nitrogens with one attached hydrogen (secondary N) is 1. The van der Waals surface area contributed by atoms with Crippen molar-refractivity contribution in [1.29, 1.82) is 0 Å². The highest BCUT2D eigenvalue weighted by molar-refractivity contribution is 9.11. The molecule has 1 N–H and O–H groups in total. The highest BCUT2D eigenvalue weighted by Crippen LogP contribution is 2.33. The number of hydrogen-bond acceptors (Lipinski definition) is 2. The van der Waals surface area contributed by atoms with E-state index in [1.165, 1.54) is 25.4 Å². The number of halogens is 1. The zero-order valence-electron chi connectivity index (χ0n) is 13.2. The van der Waals surface area contributed by atoms with Gasteiger partial charge in [0.25, 0.3) is 0 Å². The van der Waals surface area contributed by atoms with Crippen LogP contribution in [0.2, 0.25) is 0 Å². The Morgan fingerprint density at radius 1 is 1.19 bits per heavy atom. The zero-order valence-corrected chi connectivity index (χ0v) is 15.6. The fraction of sp³-hybridized carbons (Fsp3) is 0.444. The summed E-state index contributed by atoms with van der Waals surface area (Å²) in [6, 6.07) is 11.8. The van der Waals surface area contributed by atoms with Gasteiger partial charge in [0.1, 0.15) is 0 Å². The van der Waals surface area contributed by atoms with Crippen molar-refractivity contribution >= 4 is 27.3 Å². The summed E-state index contributed by atoms with van der Waals surface area (Å²) in [4.78, 5) is 1.41. The monoisotopic (exact) mass is 365 g/mol. The molecule has 3 heteroatoms. The summed E-state index contributed by atoms with van der Waals surface area (Å²) >= 11 is 5.48. The van der Waals surface area contributed by atoms with E-state index >= 15 is 0 Å². The van der Waals surface area contributed by atoms with Gasteiger partial charge in [0, 0.05) is 10.9 Å². The summed E-state index contributed by atoms with van der Waals surface area (Å²) in [5.74, 6) is 0.597. The molecule has 0 radical (unpaired) electrons. The fourth-order valence-corrected chi connectivity index (χ4v) is 4.10. The molecule has 0 aliphatic carbocycles. The van der Waals surface area contributed by atoms with Crippen LogP contribution in [0.5, 0.6) is 0 Å². The first kappa shape index (κ1) is 16.7. The maximum atomic E-state index is 3.64. The molecule has 1 aromatic carbocycles. The molecular weight excluding hydrogens is 342 g/mol. The van der Waals surface area contributed by atoms with Gasteiger partial charge in [-0.15, -0.1) is 11.3 Å². The highest BCUT2D eigenvalue weighted by Gasteiger charge is 2.15. The van der Waals surface area contributed by atoms with Gasteiger partial charge in [-0.3, -0.25) is 0 Å². The minimum atomic E-state index is 0.398. The van der Waals surface area contributed by atoms with Gasteiger partial charge < -0.3 is 5.32 Å². The van der Waals surface area contributed by atoms with E-state index in [4.69, 9.17) is 0 Å².